The van der Waals surface area contributed by atoms with Crippen LogP contribution in [0.4, 0.5) is 13.2 Å². The fraction of sp³-hybridized carbons (Fsp3) is 0. The van der Waals surface area contributed by atoms with Crippen molar-refractivity contribution in [3.63, 3.8) is 0 Å². The Morgan fingerprint density at radius 3 is 2.44 bits per heavy atom. The molecule has 0 aromatic carbocycles. The molecule has 1 aromatic rings. The number of halogens is 3. The van der Waals surface area contributed by atoms with Gasteiger partial charge in [-0.15, -0.1) is 0 Å². The zero-order valence-corrected chi connectivity index (χ0v) is 4.24. The Labute approximate surface area is 49.8 Å². The minimum absolute atomic E-state index is 0.748. The molecule has 46 valence electrons. The van der Waals surface area contributed by atoms with Gasteiger partial charge in [0.1, 0.15) is 0 Å². The average molecular weight is 131 g/mol. The van der Waals surface area contributed by atoms with Gasteiger partial charge in [0.2, 0.25) is 0 Å². The first kappa shape index (κ1) is 6.26. The summed E-state index contributed by atoms with van der Waals surface area (Å²) in [6.45, 7) is 0. The normalized spacial score (nSPS) is 9.22. The van der Waals surface area contributed by atoms with Crippen LogP contribution in [0.5, 0.6) is 0 Å². The van der Waals surface area contributed by atoms with E-state index in [1.54, 1.807) is 0 Å². The van der Waals surface area contributed by atoms with Crippen molar-refractivity contribution < 1.29 is 13.2 Å². The Bertz CT molecular complexity index is 207. The number of aromatic nitrogens is 1. The molecule has 9 heavy (non-hydrogen) atoms. The van der Waals surface area contributed by atoms with E-state index >= 15 is 0 Å². The molecule has 0 amide bonds. The van der Waals surface area contributed by atoms with Crippen LogP contribution < -0.4 is 0 Å². The van der Waals surface area contributed by atoms with Crippen LogP contribution in [0.15, 0.2) is 5.96 Å². The first-order valence-electron chi connectivity index (χ1n) is 2.17. The summed E-state index contributed by atoms with van der Waals surface area (Å²) in [4.78, 5) is 2.86. The fourth-order valence-electron chi connectivity index (χ4n) is 0.397. The quantitative estimate of drug-likeness (QED) is 0.508. The van der Waals surface area contributed by atoms with Gasteiger partial charge in [0.05, 0.1) is 0 Å². The molecule has 0 fully saturated rings. The summed E-state index contributed by atoms with van der Waals surface area (Å²) >= 11 is 0. The molecule has 0 aliphatic rings. The first-order chi connectivity index (χ1) is 4.22. The summed E-state index contributed by atoms with van der Waals surface area (Å²) in [5.74, 6) is -3.41. The van der Waals surface area contributed by atoms with Crippen LogP contribution in [0, 0.1) is 17.6 Å². The van der Waals surface area contributed by atoms with Gasteiger partial charge < -0.3 is 0 Å². The van der Waals surface area contributed by atoms with Gasteiger partial charge in [-0.2, -0.15) is 0 Å². The van der Waals surface area contributed by atoms with Crippen molar-refractivity contribution in [1.82, 2.24) is 4.89 Å². The van der Waals surface area contributed by atoms with Crippen molar-refractivity contribution >= 4 is 7.05 Å². The van der Waals surface area contributed by atoms with Crippen molar-refractivity contribution in [2.75, 3.05) is 0 Å². The van der Waals surface area contributed by atoms with Gasteiger partial charge in [0.25, 0.3) is 0 Å². The monoisotopic (exact) mass is 131 g/mol. The van der Waals surface area contributed by atoms with Crippen LogP contribution in [0.25, 0.3) is 0 Å². The topological polar surface area (TPSA) is 12.9 Å². The number of rotatable bonds is 0. The van der Waals surface area contributed by atoms with E-state index in [0.717, 1.165) is 13.0 Å². The second-order valence-electron chi connectivity index (χ2n) is 1.40. The summed E-state index contributed by atoms with van der Waals surface area (Å²) in [5.41, 5.74) is 0. The maximum atomic E-state index is 11.9. The third-order valence-corrected chi connectivity index (χ3v) is 0.800. The zero-order chi connectivity index (χ0) is 6.85. The van der Waals surface area contributed by atoms with Gasteiger partial charge >= 0.3 is 48.7 Å². The predicted molar refractivity (Wildman–Crippen MR) is 25.5 cm³/mol. The van der Waals surface area contributed by atoms with Crippen LogP contribution in [0.2, 0.25) is 0 Å². The Balaban J connectivity index is 3.25. The molecule has 5 heteroatoms. The van der Waals surface area contributed by atoms with Crippen molar-refractivity contribution in [3.05, 3.63) is 23.5 Å². The number of hydrogen-bond acceptors (Lipinski definition) is 1. The standard InChI is InChI=1S/C4HBF3N/c6-2-1-5-9-4(8)3(2)7/h1H. The third kappa shape index (κ3) is 1.09. The molecule has 0 aliphatic carbocycles. The molecule has 1 nitrogen and oxygen atoms in total. The third-order valence-electron chi connectivity index (χ3n) is 0.800. The van der Waals surface area contributed by atoms with E-state index in [2.05, 4.69) is 4.89 Å². The summed E-state index contributed by atoms with van der Waals surface area (Å²) < 4.78 is 35.7. The summed E-state index contributed by atoms with van der Waals surface area (Å²) in [6, 6.07) is 0. The van der Waals surface area contributed by atoms with Crippen LogP contribution in [-0.4, -0.2) is 11.9 Å². The van der Waals surface area contributed by atoms with Crippen molar-refractivity contribution in [2.45, 2.75) is 0 Å². The van der Waals surface area contributed by atoms with Gasteiger partial charge in [-0.1, -0.05) is 0 Å². The second-order valence-corrected chi connectivity index (χ2v) is 1.40. The molecule has 0 unspecified atom stereocenters. The van der Waals surface area contributed by atoms with E-state index in [1.165, 1.54) is 0 Å². The molecule has 0 radical (unpaired) electrons. The van der Waals surface area contributed by atoms with Crippen molar-refractivity contribution in [3.8, 4) is 0 Å². The molecule has 0 saturated carbocycles. The van der Waals surface area contributed by atoms with E-state index in [1.807, 2.05) is 0 Å². The number of nitrogens with zero attached hydrogens (tertiary/aromatic N) is 1. The Kier molecular flexibility index (Phi) is 1.51. The van der Waals surface area contributed by atoms with E-state index in [9.17, 15) is 13.2 Å². The molecule has 0 N–H and O–H groups in total. The van der Waals surface area contributed by atoms with Gasteiger partial charge in [-0.05, 0) is 0 Å². The summed E-state index contributed by atoms with van der Waals surface area (Å²) in [6.07, 6.45) is 0. The van der Waals surface area contributed by atoms with Gasteiger partial charge in [0, 0.05) is 0 Å². The first-order valence-corrected chi connectivity index (χ1v) is 2.17. The second kappa shape index (κ2) is 2.17. The van der Waals surface area contributed by atoms with E-state index in [0.29, 0.717) is 0 Å². The Hall–Kier alpha value is -0.865. The fourth-order valence-corrected chi connectivity index (χ4v) is 0.397. The maximum absolute atomic E-state index is 11.9. The molecule has 1 heterocycles. The zero-order valence-electron chi connectivity index (χ0n) is 4.24. The van der Waals surface area contributed by atoms with Gasteiger partial charge in [-0.3, -0.25) is 0 Å². The molecular weight excluding hydrogens is 130 g/mol. The SMILES string of the molecule is Fc1cbnc(F)c1F. The van der Waals surface area contributed by atoms with Gasteiger partial charge in [0.15, 0.2) is 0 Å². The van der Waals surface area contributed by atoms with E-state index < -0.39 is 17.6 Å². The van der Waals surface area contributed by atoms with E-state index in [4.69, 9.17) is 0 Å². The van der Waals surface area contributed by atoms with Crippen molar-refractivity contribution in [2.24, 2.45) is 0 Å². The van der Waals surface area contributed by atoms with Crippen LogP contribution in [-0.2, 0) is 0 Å². The van der Waals surface area contributed by atoms with E-state index in [-0.39, 0.29) is 0 Å². The average Bonchev–Trinajstić information content (AvgIpc) is 1.83. The molecule has 0 atom stereocenters. The summed E-state index contributed by atoms with van der Waals surface area (Å²) in [7, 11) is 0.855. The predicted octanol–water partition coefficient (Wildman–Crippen LogP) is 0.837. The number of hydrogen-bond donors (Lipinski definition) is 0. The minimum atomic E-state index is -1.53. The van der Waals surface area contributed by atoms with Gasteiger partial charge in [-0.25, -0.2) is 0 Å². The van der Waals surface area contributed by atoms with Crippen molar-refractivity contribution in [1.29, 1.82) is 0 Å². The molecule has 1 rings (SSSR count). The molecule has 0 aliphatic heterocycles. The molecule has 0 bridgehead atoms. The molecular formula is C4HBF3N. The molecule has 0 spiro atoms. The van der Waals surface area contributed by atoms with Crippen LogP contribution in [0.3, 0.4) is 0 Å². The van der Waals surface area contributed by atoms with Crippen LogP contribution in [0.1, 0.15) is 0 Å². The summed E-state index contributed by atoms with van der Waals surface area (Å²) in [5, 5.41) is 0. The Morgan fingerprint density at radius 1 is 1.33 bits per heavy atom. The van der Waals surface area contributed by atoms with Crippen LogP contribution >= 0.6 is 0 Å². The molecule has 1 aromatic heterocycles. The molecule has 0 saturated heterocycles. The Morgan fingerprint density at radius 2 is 2.00 bits per heavy atom.